The van der Waals surface area contributed by atoms with Gasteiger partial charge in [0.2, 0.25) is 0 Å². The molecule has 1 heterocycles. The molecule has 2 nitrogen and oxygen atoms in total. The first-order chi connectivity index (χ1) is 24.8. The normalized spacial score (nSPS) is 12.0. The maximum atomic E-state index is 6.41. The third kappa shape index (κ3) is 3.90. The van der Waals surface area contributed by atoms with Gasteiger partial charge in [-0.2, -0.15) is 0 Å². The lowest BCUT2D eigenvalue weighted by Gasteiger charge is -2.28. The molecule has 0 unspecified atom stereocenters. The Morgan fingerprint density at radius 2 is 0.820 bits per heavy atom. The molecule has 0 N–H and O–H groups in total. The molecule has 11 rings (SSSR count). The van der Waals surface area contributed by atoms with Crippen molar-refractivity contribution in [3.63, 3.8) is 0 Å². The van der Waals surface area contributed by atoms with Gasteiger partial charge in [0.1, 0.15) is 11.2 Å². The van der Waals surface area contributed by atoms with E-state index in [-0.39, 0.29) is 0 Å². The van der Waals surface area contributed by atoms with Crippen molar-refractivity contribution in [1.29, 1.82) is 0 Å². The minimum atomic E-state index is 0.878. The summed E-state index contributed by atoms with van der Waals surface area (Å²) < 4.78 is 6.41. The van der Waals surface area contributed by atoms with E-state index in [4.69, 9.17) is 4.42 Å². The number of fused-ring (bicyclic) bond motifs is 7. The summed E-state index contributed by atoms with van der Waals surface area (Å²) in [5.41, 5.74) is 20.3. The van der Waals surface area contributed by atoms with Crippen LogP contribution in [0.5, 0.6) is 0 Å². The highest BCUT2D eigenvalue weighted by Crippen LogP contribution is 2.57. The molecule has 0 saturated heterocycles. The van der Waals surface area contributed by atoms with Crippen LogP contribution in [0.3, 0.4) is 0 Å². The first kappa shape index (κ1) is 27.3. The van der Waals surface area contributed by atoms with Crippen molar-refractivity contribution in [3.05, 3.63) is 176 Å². The fourth-order valence-corrected chi connectivity index (χ4v) is 8.37. The van der Waals surface area contributed by atoms with Gasteiger partial charge in [0.05, 0.1) is 0 Å². The van der Waals surface area contributed by atoms with Crippen LogP contribution in [0.15, 0.2) is 180 Å². The van der Waals surface area contributed by atoms with E-state index < -0.39 is 0 Å². The highest BCUT2D eigenvalue weighted by molar-refractivity contribution is 6.15. The molecule has 1 aromatic heterocycles. The predicted molar refractivity (Wildman–Crippen MR) is 208 cm³/mol. The zero-order valence-electron chi connectivity index (χ0n) is 27.1. The van der Waals surface area contributed by atoms with E-state index in [1.165, 1.54) is 66.8 Å². The Balaban J connectivity index is 1.15. The maximum absolute atomic E-state index is 6.41. The quantitative estimate of drug-likeness (QED) is 0.191. The van der Waals surface area contributed by atoms with Gasteiger partial charge in [-0.15, -0.1) is 0 Å². The van der Waals surface area contributed by atoms with Crippen molar-refractivity contribution in [3.8, 4) is 66.8 Å². The van der Waals surface area contributed by atoms with Crippen LogP contribution >= 0.6 is 0 Å². The molecule has 0 saturated carbocycles. The Hall–Kier alpha value is -6.64. The monoisotopic (exact) mass is 635 g/mol. The van der Waals surface area contributed by atoms with Crippen molar-refractivity contribution < 1.29 is 4.42 Å². The maximum Gasteiger partial charge on any atom is 0.137 e. The summed E-state index contributed by atoms with van der Waals surface area (Å²) in [5, 5.41) is 2.26. The minimum Gasteiger partial charge on any atom is -0.456 e. The third-order valence-electron chi connectivity index (χ3n) is 10.6. The molecule has 0 radical (unpaired) electrons. The van der Waals surface area contributed by atoms with Crippen molar-refractivity contribution in [2.75, 3.05) is 4.90 Å². The molecule has 9 aromatic rings. The van der Waals surface area contributed by atoms with Gasteiger partial charge in [-0.3, -0.25) is 0 Å². The molecule has 0 aliphatic heterocycles. The lowest BCUT2D eigenvalue weighted by Crippen LogP contribution is -2.10. The molecule has 0 amide bonds. The van der Waals surface area contributed by atoms with E-state index in [1.807, 2.05) is 12.1 Å². The molecular formula is C48H29NO. The molecule has 232 valence electrons. The van der Waals surface area contributed by atoms with Crippen molar-refractivity contribution in [2.45, 2.75) is 0 Å². The first-order valence-electron chi connectivity index (χ1n) is 17.2. The van der Waals surface area contributed by atoms with E-state index in [0.29, 0.717) is 0 Å². The Morgan fingerprint density at radius 1 is 0.300 bits per heavy atom. The smallest absolute Gasteiger partial charge is 0.137 e. The number of rotatable bonds is 4. The average molecular weight is 636 g/mol. The lowest BCUT2D eigenvalue weighted by molar-refractivity contribution is 0.669. The topological polar surface area (TPSA) is 16.4 Å². The van der Waals surface area contributed by atoms with Crippen LogP contribution < -0.4 is 4.90 Å². The van der Waals surface area contributed by atoms with E-state index in [0.717, 1.165) is 39.0 Å². The van der Waals surface area contributed by atoms with Crippen LogP contribution in [-0.2, 0) is 0 Å². The van der Waals surface area contributed by atoms with Crippen LogP contribution in [0.1, 0.15) is 0 Å². The van der Waals surface area contributed by atoms with E-state index in [1.54, 1.807) is 0 Å². The minimum absolute atomic E-state index is 0.878. The summed E-state index contributed by atoms with van der Waals surface area (Å²) in [6, 6.07) is 63.9. The Kier molecular flexibility index (Phi) is 5.70. The molecule has 6 bridgehead atoms. The van der Waals surface area contributed by atoms with Gasteiger partial charge in [0, 0.05) is 33.9 Å². The van der Waals surface area contributed by atoms with E-state index in [2.05, 4.69) is 169 Å². The molecule has 0 fully saturated rings. The number of nitrogens with zero attached hydrogens (tertiary/aromatic N) is 1. The van der Waals surface area contributed by atoms with Gasteiger partial charge in [-0.1, -0.05) is 127 Å². The van der Waals surface area contributed by atoms with Gasteiger partial charge in [-0.05, 0) is 109 Å². The molecule has 2 aliphatic rings. The summed E-state index contributed by atoms with van der Waals surface area (Å²) in [5.74, 6) is 0. The number of hydrogen-bond acceptors (Lipinski definition) is 2. The van der Waals surface area contributed by atoms with Gasteiger partial charge >= 0.3 is 0 Å². The Morgan fingerprint density at radius 3 is 1.60 bits per heavy atom. The average Bonchev–Trinajstić information content (AvgIpc) is 3.50. The second kappa shape index (κ2) is 10.4. The molecule has 0 spiro atoms. The van der Waals surface area contributed by atoms with E-state index >= 15 is 0 Å². The second-order valence-electron chi connectivity index (χ2n) is 13.3. The third-order valence-corrected chi connectivity index (χ3v) is 10.6. The summed E-state index contributed by atoms with van der Waals surface area (Å²) in [4.78, 5) is 2.37. The zero-order valence-corrected chi connectivity index (χ0v) is 27.1. The summed E-state index contributed by atoms with van der Waals surface area (Å²) in [6.07, 6.45) is 0. The van der Waals surface area contributed by atoms with Crippen LogP contribution in [0, 0.1) is 0 Å². The first-order valence-corrected chi connectivity index (χ1v) is 17.2. The number of anilines is 3. The van der Waals surface area contributed by atoms with Crippen molar-refractivity contribution in [1.82, 2.24) is 0 Å². The molecule has 2 aliphatic carbocycles. The summed E-state index contributed by atoms with van der Waals surface area (Å²) >= 11 is 0. The number of benzene rings is 8. The Bertz CT molecular complexity index is 2780. The fourth-order valence-electron chi connectivity index (χ4n) is 8.37. The van der Waals surface area contributed by atoms with Gasteiger partial charge in [0.25, 0.3) is 0 Å². The summed E-state index contributed by atoms with van der Waals surface area (Å²) in [7, 11) is 0. The fraction of sp³-hybridized carbons (Fsp3) is 0. The van der Waals surface area contributed by atoms with Crippen LogP contribution in [0.2, 0.25) is 0 Å². The lowest BCUT2D eigenvalue weighted by atomic mass is 9.83. The number of para-hydroxylation sites is 1. The molecule has 8 aromatic carbocycles. The van der Waals surface area contributed by atoms with Crippen molar-refractivity contribution in [2.24, 2.45) is 0 Å². The van der Waals surface area contributed by atoms with Crippen molar-refractivity contribution >= 4 is 39.0 Å². The SMILES string of the molecule is c1ccc(-c2ccc(N(c3ccc4c(c3)-c3c5cccc3-c3cccc-4c3-c3ccccc3-5)c3ccc4c(c3)oc3ccccc34)cc2)cc1. The molecule has 2 heteroatoms. The number of furan rings is 1. The predicted octanol–water partition coefficient (Wildman–Crippen LogP) is 13.7. The molecule has 50 heavy (non-hydrogen) atoms. The Labute approximate surface area is 290 Å². The van der Waals surface area contributed by atoms with Crippen LogP contribution in [0.4, 0.5) is 17.1 Å². The standard InChI is InChI=1S/C48H29NO/c1-2-10-30(11-3-1)31-20-22-32(23-21-31)49(34-25-27-38-37-13-6-7-19-45(37)50-46(38)29-34)33-24-26-36-41-16-9-17-42-43-18-8-15-40(48(43)44(36)28-33)35-12-4-5-14-39(35)47(41)42/h1-29H. The highest BCUT2D eigenvalue weighted by Gasteiger charge is 2.31. The van der Waals surface area contributed by atoms with Gasteiger partial charge in [-0.25, -0.2) is 0 Å². The number of hydrogen-bond donors (Lipinski definition) is 0. The van der Waals surface area contributed by atoms with Gasteiger partial charge < -0.3 is 9.32 Å². The molecule has 0 atom stereocenters. The largest absolute Gasteiger partial charge is 0.456 e. The highest BCUT2D eigenvalue weighted by atomic mass is 16.3. The molecular weight excluding hydrogens is 607 g/mol. The van der Waals surface area contributed by atoms with Crippen LogP contribution in [-0.4, -0.2) is 0 Å². The second-order valence-corrected chi connectivity index (χ2v) is 13.3. The zero-order chi connectivity index (χ0) is 32.8. The van der Waals surface area contributed by atoms with E-state index in [9.17, 15) is 0 Å². The van der Waals surface area contributed by atoms with Gasteiger partial charge in [0.15, 0.2) is 0 Å². The van der Waals surface area contributed by atoms with Crippen LogP contribution in [0.25, 0.3) is 88.7 Å². The summed E-state index contributed by atoms with van der Waals surface area (Å²) in [6.45, 7) is 0.